The number of ether oxygens (including phenoxy) is 1. The average molecular weight is 313 g/mol. The van der Waals surface area contributed by atoms with E-state index in [2.05, 4.69) is 14.8 Å². The molecule has 0 fully saturated rings. The first-order valence-corrected chi connectivity index (χ1v) is 6.73. The van der Waals surface area contributed by atoms with Crippen LogP contribution in [0.15, 0.2) is 35.4 Å². The molecule has 0 saturated heterocycles. The third-order valence-corrected chi connectivity index (χ3v) is 3.71. The zero-order valence-electron chi connectivity index (χ0n) is 11.7. The molecule has 1 aliphatic heterocycles. The van der Waals surface area contributed by atoms with Crippen molar-refractivity contribution in [3.63, 3.8) is 0 Å². The lowest BCUT2D eigenvalue weighted by atomic mass is 9.90. The van der Waals surface area contributed by atoms with Crippen LogP contribution in [0.25, 0.3) is 21.2 Å². The Morgan fingerprint density at radius 1 is 1.13 bits per heavy atom. The van der Waals surface area contributed by atoms with Crippen molar-refractivity contribution in [2.24, 2.45) is 5.11 Å². The number of carbonyl (C=O) groups is 2. The number of nitrogens with zero attached hydrogens (tertiary/aromatic N) is 3. The Kier molecular flexibility index (Phi) is 3.71. The van der Waals surface area contributed by atoms with E-state index in [0.29, 0.717) is 16.3 Å². The van der Waals surface area contributed by atoms with Gasteiger partial charge in [0.2, 0.25) is 0 Å². The number of benzene rings is 2. The van der Waals surface area contributed by atoms with Crippen LogP contribution < -0.4 is 0 Å². The van der Waals surface area contributed by atoms with Crippen LogP contribution in [-0.4, -0.2) is 34.8 Å². The molecule has 2 atom stereocenters. The number of esters is 2. The van der Waals surface area contributed by atoms with Gasteiger partial charge in [0.05, 0.1) is 23.8 Å². The minimum absolute atomic E-state index is 0.218. The van der Waals surface area contributed by atoms with Gasteiger partial charge in [0, 0.05) is 10.3 Å². The molecule has 3 rings (SSSR count). The molecule has 0 aliphatic carbocycles. The van der Waals surface area contributed by atoms with Crippen molar-refractivity contribution >= 4 is 22.7 Å². The summed E-state index contributed by atoms with van der Waals surface area (Å²) in [5, 5.41) is 24.2. The van der Waals surface area contributed by atoms with Crippen molar-refractivity contribution in [1.82, 2.24) is 0 Å². The molecule has 116 valence electrons. The number of hydrogen-bond acceptors (Lipinski definition) is 6. The van der Waals surface area contributed by atoms with Crippen LogP contribution in [0.2, 0.25) is 0 Å². The number of cyclic esters (lactones) is 2. The summed E-state index contributed by atoms with van der Waals surface area (Å²) in [5.41, 5.74) is 9.05. The summed E-state index contributed by atoms with van der Waals surface area (Å²) in [5.74, 6) is -1.51. The Hall–Kier alpha value is -2.93. The maximum atomic E-state index is 11.8. The fourth-order valence-corrected chi connectivity index (χ4v) is 2.65. The van der Waals surface area contributed by atoms with E-state index in [1.165, 1.54) is 18.2 Å². The van der Waals surface area contributed by atoms with Gasteiger partial charge in [0.1, 0.15) is 6.10 Å². The highest BCUT2D eigenvalue weighted by molar-refractivity contribution is 6.21. The molecule has 2 N–H and O–H groups in total. The first-order chi connectivity index (χ1) is 11.0. The summed E-state index contributed by atoms with van der Waals surface area (Å²) in [6.07, 6.45) is -2.65. The molecular weight excluding hydrogens is 302 g/mol. The molecule has 1 aliphatic rings. The molecule has 0 radical (unpaired) electrons. The normalized spacial score (nSPS) is 15.7. The van der Waals surface area contributed by atoms with Gasteiger partial charge in [0.25, 0.3) is 0 Å². The zero-order chi connectivity index (χ0) is 16.6. The second kappa shape index (κ2) is 5.69. The summed E-state index contributed by atoms with van der Waals surface area (Å²) in [6.45, 7) is -0.304. The zero-order valence-corrected chi connectivity index (χ0v) is 11.7. The van der Waals surface area contributed by atoms with E-state index in [-0.39, 0.29) is 17.7 Å². The fraction of sp³-hybridized carbons (Fsp3) is 0.200. The molecule has 2 unspecified atom stereocenters. The van der Waals surface area contributed by atoms with Gasteiger partial charge >= 0.3 is 11.9 Å². The van der Waals surface area contributed by atoms with Crippen LogP contribution in [0.5, 0.6) is 0 Å². The molecule has 1 heterocycles. The van der Waals surface area contributed by atoms with E-state index in [1.807, 2.05) is 0 Å². The Labute approximate surface area is 129 Å². The summed E-state index contributed by atoms with van der Waals surface area (Å²) in [4.78, 5) is 26.2. The van der Waals surface area contributed by atoms with E-state index >= 15 is 0 Å². The quantitative estimate of drug-likeness (QED) is 0.292. The molecule has 2 aromatic rings. The van der Waals surface area contributed by atoms with Crippen molar-refractivity contribution < 1.29 is 24.5 Å². The van der Waals surface area contributed by atoms with Crippen LogP contribution in [0.3, 0.4) is 0 Å². The lowest BCUT2D eigenvalue weighted by molar-refractivity contribution is 0.0252. The summed E-state index contributed by atoms with van der Waals surface area (Å²) >= 11 is 0. The molecule has 0 spiro atoms. The maximum absolute atomic E-state index is 11.8. The summed E-state index contributed by atoms with van der Waals surface area (Å²) < 4.78 is 4.66. The van der Waals surface area contributed by atoms with Gasteiger partial charge in [-0.3, -0.25) is 0 Å². The summed E-state index contributed by atoms with van der Waals surface area (Å²) in [6, 6.07) is 7.65. The van der Waals surface area contributed by atoms with Crippen LogP contribution >= 0.6 is 0 Å². The van der Waals surface area contributed by atoms with Crippen LogP contribution in [0.4, 0.5) is 0 Å². The molecule has 8 nitrogen and oxygen atoms in total. The van der Waals surface area contributed by atoms with Gasteiger partial charge in [0.15, 0.2) is 0 Å². The van der Waals surface area contributed by atoms with Crippen molar-refractivity contribution in [2.45, 2.75) is 12.2 Å². The molecule has 0 saturated carbocycles. The largest absolute Gasteiger partial charge is 0.390 e. The standard InChI is InChI=1S/C15H11N3O5/c16-18-17-6-11(19)13(20)8-4-5-10-12-7(8)2-1-3-9(12)14(21)23-15(10)22/h1-5,11,13,19-20H,6H2. The molecule has 0 amide bonds. The number of carbonyl (C=O) groups excluding carboxylic acids is 2. The third kappa shape index (κ3) is 2.40. The minimum Gasteiger partial charge on any atom is -0.390 e. The average Bonchev–Trinajstić information content (AvgIpc) is 2.56. The highest BCUT2D eigenvalue weighted by atomic mass is 16.6. The number of hydrogen-bond donors (Lipinski definition) is 2. The molecule has 8 heteroatoms. The molecular formula is C15H11N3O5. The molecule has 23 heavy (non-hydrogen) atoms. The van der Waals surface area contributed by atoms with Crippen LogP contribution in [0, 0.1) is 0 Å². The van der Waals surface area contributed by atoms with Gasteiger partial charge in [-0.25, -0.2) is 9.59 Å². The first-order valence-electron chi connectivity index (χ1n) is 6.73. The van der Waals surface area contributed by atoms with Crippen molar-refractivity contribution in [3.05, 3.63) is 57.5 Å². The van der Waals surface area contributed by atoms with E-state index in [1.54, 1.807) is 12.1 Å². The number of aliphatic hydroxyl groups is 2. The van der Waals surface area contributed by atoms with E-state index in [4.69, 9.17) is 5.53 Å². The van der Waals surface area contributed by atoms with Gasteiger partial charge in [-0.05, 0) is 28.6 Å². The predicted molar refractivity (Wildman–Crippen MR) is 78.7 cm³/mol. The second-order valence-corrected chi connectivity index (χ2v) is 5.03. The second-order valence-electron chi connectivity index (χ2n) is 5.03. The van der Waals surface area contributed by atoms with Crippen LogP contribution in [-0.2, 0) is 4.74 Å². The highest BCUT2D eigenvalue weighted by Crippen LogP contribution is 2.34. The fourth-order valence-electron chi connectivity index (χ4n) is 2.65. The number of aliphatic hydroxyl groups excluding tert-OH is 2. The summed E-state index contributed by atoms with van der Waals surface area (Å²) in [7, 11) is 0. The van der Waals surface area contributed by atoms with Gasteiger partial charge < -0.3 is 14.9 Å². The maximum Gasteiger partial charge on any atom is 0.346 e. The third-order valence-electron chi connectivity index (χ3n) is 3.71. The smallest absolute Gasteiger partial charge is 0.346 e. The van der Waals surface area contributed by atoms with Crippen molar-refractivity contribution in [3.8, 4) is 0 Å². The van der Waals surface area contributed by atoms with Crippen molar-refractivity contribution in [1.29, 1.82) is 0 Å². The van der Waals surface area contributed by atoms with Crippen LogP contribution in [0.1, 0.15) is 32.4 Å². The van der Waals surface area contributed by atoms with E-state index in [9.17, 15) is 19.8 Å². The van der Waals surface area contributed by atoms with Gasteiger partial charge in [-0.2, -0.15) is 0 Å². The Balaban J connectivity index is 2.18. The van der Waals surface area contributed by atoms with Crippen molar-refractivity contribution in [2.75, 3.05) is 6.54 Å². The van der Waals surface area contributed by atoms with E-state index in [0.717, 1.165) is 0 Å². The first kappa shape index (κ1) is 15.0. The minimum atomic E-state index is -1.34. The Bertz CT molecular complexity index is 853. The molecule has 0 aromatic heterocycles. The topological polar surface area (TPSA) is 133 Å². The number of rotatable bonds is 4. The molecule has 2 aromatic carbocycles. The van der Waals surface area contributed by atoms with E-state index < -0.39 is 24.1 Å². The van der Waals surface area contributed by atoms with Gasteiger partial charge in [-0.15, -0.1) is 0 Å². The lowest BCUT2D eigenvalue weighted by Crippen LogP contribution is -2.23. The Morgan fingerprint density at radius 3 is 2.52 bits per heavy atom. The number of azide groups is 1. The molecule has 0 bridgehead atoms. The highest BCUT2D eigenvalue weighted by Gasteiger charge is 2.29. The Morgan fingerprint density at radius 2 is 1.83 bits per heavy atom. The van der Waals surface area contributed by atoms with Gasteiger partial charge in [-0.1, -0.05) is 23.3 Å². The predicted octanol–water partition coefficient (Wildman–Crippen LogP) is 1.85. The lowest BCUT2D eigenvalue weighted by Gasteiger charge is -2.21. The monoisotopic (exact) mass is 313 g/mol. The SMILES string of the molecule is [N-]=[N+]=NCC(O)C(O)c1ccc2c3c(cccc13)C(=O)OC2=O.